The maximum absolute atomic E-state index is 10.5. The van der Waals surface area contributed by atoms with Gasteiger partial charge in [0.05, 0.1) is 17.3 Å². The van der Waals surface area contributed by atoms with Gasteiger partial charge in [0.15, 0.2) is 5.82 Å². The number of nitrogens with zero attached hydrogens (tertiary/aromatic N) is 2. The fourth-order valence-electron chi connectivity index (χ4n) is 1.59. The number of carboxylic acid groups (broad SMARTS) is 1. The van der Waals surface area contributed by atoms with Crippen molar-refractivity contribution in [2.45, 2.75) is 0 Å². The summed E-state index contributed by atoms with van der Waals surface area (Å²) >= 11 is 3.41. The quantitative estimate of drug-likeness (QED) is 0.870. The molecule has 1 aromatic heterocycles. The van der Waals surface area contributed by atoms with Crippen molar-refractivity contribution < 1.29 is 14.6 Å². The number of benzene rings is 1. The molecule has 0 bridgehead atoms. The zero-order valence-electron chi connectivity index (χ0n) is 10.6. The summed E-state index contributed by atoms with van der Waals surface area (Å²) in [7, 11) is 1.60. The number of methoxy groups -OCH3 is 1. The first-order valence-electron chi connectivity index (χ1n) is 5.68. The number of aromatic nitrogens is 2. The minimum atomic E-state index is -1.04. The normalized spacial score (nSPS) is 10.7. The molecule has 0 unspecified atom stereocenters. The number of aliphatic carboxylic acids is 1. The third-order valence-corrected chi connectivity index (χ3v) is 3.12. The third kappa shape index (κ3) is 3.42. The fourth-order valence-corrected chi connectivity index (χ4v) is 2.13. The molecule has 0 fully saturated rings. The minimum Gasteiger partial charge on any atom is -0.496 e. The molecule has 0 aliphatic carbocycles. The molecule has 0 spiro atoms. The zero-order chi connectivity index (χ0) is 14.5. The molecule has 6 heteroatoms. The monoisotopic (exact) mass is 334 g/mol. The minimum absolute atomic E-state index is 0.344. The van der Waals surface area contributed by atoms with E-state index in [9.17, 15) is 4.79 Å². The maximum atomic E-state index is 10.5. The molecule has 0 radical (unpaired) electrons. The fraction of sp³-hybridized carbons (Fsp3) is 0.0714. The van der Waals surface area contributed by atoms with Crippen LogP contribution in [0.25, 0.3) is 17.3 Å². The lowest BCUT2D eigenvalue weighted by molar-refractivity contribution is -0.131. The Labute approximate surface area is 124 Å². The molecule has 1 heterocycles. The predicted molar refractivity (Wildman–Crippen MR) is 78.4 cm³/mol. The molecule has 0 saturated heterocycles. The van der Waals surface area contributed by atoms with Crippen molar-refractivity contribution in [1.82, 2.24) is 9.97 Å². The van der Waals surface area contributed by atoms with E-state index in [2.05, 4.69) is 25.9 Å². The van der Waals surface area contributed by atoms with Gasteiger partial charge in [-0.2, -0.15) is 0 Å². The molecular weight excluding hydrogens is 324 g/mol. The van der Waals surface area contributed by atoms with Gasteiger partial charge in [-0.05, 0) is 46.3 Å². The van der Waals surface area contributed by atoms with E-state index in [-0.39, 0.29) is 0 Å². The van der Waals surface area contributed by atoms with Crippen molar-refractivity contribution >= 4 is 28.0 Å². The maximum Gasteiger partial charge on any atom is 0.328 e. The lowest BCUT2D eigenvalue weighted by Crippen LogP contribution is -1.93. The average molecular weight is 335 g/mol. The summed E-state index contributed by atoms with van der Waals surface area (Å²) in [4.78, 5) is 18.8. The van der Waals surface area contributed by atoms with Crippen LogP contribution in [0, 0.1) is 0 Å². The summed E-state index contributed by atoms with van der Waals surface area (Å²) in [5.74, 6) is 0.0387. The lowest BCUT2D eigenvalue weighted by atomic mass is 10.1. The molecule has 0 atom stereocenters. The van der Waals surface area contributed by atoms with Crippen molar-refractivity contribution in [2.75, 3.05) is 7.11 Å². The van der Waals surface area contributed by atoms with E-state index in [4.69, 9.17) is 9.84 Å². The summed E-state index contributed by atoms with van der Waals surface area (Å²) in [6.07, 6.45) is 3.94. The molecule has 0 amide bonds. The van der Waals surface area contributed by atoms with E-state index in [0.717, 1.165) is 21.9 Å². The van der Waals surface area contributed by atoms with Gasteiger partial charge < -0.3 is 9.84 Å². The van der Waals surface area contributed by atoms with E-state index in [1.807, 2.05) is 18.2 Å². The summed E-state index contributed by atoms with van der Waals surface area (Å²) in [6, 6.07) is 7.34. The Morgan fingerprint density at radius 2 is 2.20 bits per heavy atom. The molecule has 5 nitrogen and oxygen atoms in total. The highest BCUT2D eigenvalue weighted by atomic mass is 79.9. The van der Waals surface area contributed by atoms with Gasteiger partial charge in [-0.15, -0.1) is 0 Å². The summed E-state index contributed by atoms with van der Waals surface area (Å²) in [5, 5.41) is 8.59. The molecule has 0 aliphatic heterocycles. The van der Waals surface area contributed by atoms with Gasteiger partial charge in [0.2, 0.25) is 0 Å². The van der Waals surface area contributed by atoms with Crippen LogP contribution in [0.4, 0.5) is 0 Å². The SMILES string of the molecule is COc1ccc(-c2ccnc(/C=C/C(=O)O)n2)cc1Br. The van der Waals surface area contributed by atoms with Crippen LogP contribution in [0.15, 0.2) is 41.0 Å². The second-order valence-corrected chi connectivity index (χ2v) is 4.68. The Morgan fingerprint density at radius 3 is 2.85 bits per heavy atom. The van der Waals surface area contributed by atoms with Crippen LogP contribution in [0.1, 0.15) is 5.82 Å². The van der Waals surface area contributed by atoms with Gasteiger partial charge in [-0.1, -0.05) is 0 Å². The van der Waals surface area contributed by atoms with Crippen LogP contribution < -0.4 is 4.74 Å². The van der Waals surface area contributed by atoms with E-state index < -0.39 is 5.97 Å². The molecule has 0 aliphatic rings. The van der Waals surface area contributed by atoms with Crippen molar-refractivity contribution in [3.63, 3.8) is 0 Å². The van der Waals surface area contributed by atoms with Gasteiger partial charge in [-0.3, -0.25) is 0 Å². The van der Waals surface area contributed by atoms with Crippen LogP contribution in [-0.2, 0) is 4.79 Å². The van der Waals surface area contributed by atoms with Gasteiger partial charge in [0, 0.05) is 17.8 Å². The Kier molecular flexibility index (Phi) is 4.47. The third-order valence-electron chi connectivity index (χ3n) is 2.50. The Morgan fingerprint density at radius 1 is 1.40 bits per heavy atom. The summed E-state index contributed by atoms with van der Waals surface area (Å²) in [5.41, 5.74) is 1.58. The Balaban J connectivity index is 2.35. The van der Waals surface area contributed by atoms with Crippen LogP contribution in [0.2, 0.25) is 0 Å². The topological polar surface area (TPSA) is 72.3 Å². The molecule has 102 valence electrons. The molecule has 20 heavy (non-hydrogen) atoms. The van der Waals surface area contributed by atoms with Crippen molar-refractivity contribution in [3.8, 4) is 17.0 Å². The number of ether oxygens (including phenoxy) is 1. The van der Waals surface area contributed by atoms with Crippen LogP contribution in [0.3, 0.4) is 0 Å². The van der Waals surface area contributed by atoms with Crippen molar-refractivity contribution in [3.05, 3.63) is 46.8 Å². The number of carbonyl (C=O) groups is 1. The van der Waals surface area contributed by atoms with Gasteiger partial charge in [0.25, 0.3) is 0 Å². The van der Waals surface area contributed by atoms with Crippen LogP contribution in [-0.4, -0.2) is 28.2 Å². The number of rotatable bonds is 4. The standard InChI is InChI=1S/C14H11BrN2O3/c1-20-12-3-2-9(8-10(12)15)11-6-7-16-13(17-11)4-5-14(18)19/h2-8H,1H3,(H,18,19)/b5-4+. The summed E-state index contributed by atoms with van der Waals surface area (Å²) in [6.45, 7) is 0. The number of hydrogen-bond donors (Lipinski definition) is 1. The number of halogens is 1. The lowest BCUT2D eigenvalue weighted by Gasteiger charge is -2.06. The van der Waals surface area contributed by atoms with E-state index in [1.165, 1.54) is 6.08 Å². The second-order valence-electron chi connectivity index (χ2n) is 3.82. The predicted octanol–water partition coefficient (Wildman–Crippen LogP) is 3.01. The first-order valence-corrected chi connectivity index (χ1v) is 6.47. The zero-order valence-corrected chi connectivity index (χ0v) is 12.2. The van der Waals surface area contributed by atoms with E-state index in [1.54, 1.807) is 19.4 Å². The molecular formula is C14H11BrN2O3. The molecule has 1 N–H and O–H groups in total. The van der Waals surface area contributed by atoms with Gasteiger partial charge in [-0.25, -0.2) is 14.8 Å². The smallest absolute Gasteiger partial charge is 0.328 e. The molecule has 1 aromatic carbocycles. The van der Waals surface area contributed by atoms with E-state index >= 15 is 0 Å². The Bertz CT molecular complexity index is 671. The largest absolute Gasteiger partial charge is 0.496 e. The van der Waals surface area contributed by atoms with Crippen molar-refractivity contribution in [2.24, 2.45) is 0 Å². The second kappa shape index (κ2) is 6.29. The molecule has 2 rings (SSSR count). The summed E-state index contributed by atoms with van der Waals surface area (Å²) < 4.78 is 5.99. The Hall–Kier alpha value is -2.21. The highest BCUT2D eigenvalue weighted by Crippen LogP contribution is 2.29. The average Bonchev–Trinajstić information content (AvgIpc) is 2.45. The molecule has 0 saturated carbocycles. The number of carboxylic acids is 1. The van der Waals surface area contributed by atoms with Gasteiger partial charge >= 0.3 is 5.97 Å². The van der Waals surface area contributed by atoms with Crippen LogP contribution in [0.5, 0.6) is 5.75 Å². The van der Waals surface area contributed by atoms with E-state index in [0.29, 0.717) is 11.5 Å². The van der Waals surface area contributed by atoms with Gasteiger partial charge in [0.1, 0.15) is 5.75 Å². The highest BCUT2D eigenvalue weighted by Gasteiger charge is 2.05. The first kappa shape index (κ1) is 14.2. The molecule has 2 aromatic rings. The number of hydrogen-bond acceptors (Lipinski definition) is 4. The van der Waals surface area contributed by atoms with Crippen molar-refractivity contribution in [1.29, 1.82) is 0 Å². The van der Waals surface area contributed by atoms with Crippen LogP contribution >= 0.6 is 15.9 Å². The highest BCUT2D eigenvalue weighted by molar-refractivity contribution is 9.10. The first-order chi connectivity index (χ1) is 9.60.